The zero-order chi connectivity index (χ0) is 15.8. The van der Waals surface area contributed by atoms with Crippen molar-refractivity contribution < 1.29 is 4.52 Å². The number of nitrogens with two attached hydrogens (primary N) is 1. The van der Waals surface area contributed by atoms with Crippen LogP contribution in [0.2, 0.25) is 0 Å². The lowest BCUT2D eigenvalue weighted by molar-refractivity contribution is 0.383. The number of nitrogens with one attached hydrogen (secondary N) is 1. The minimum Gasteiger partial charge on any atom is -0.359 e. The summed E-state index contributed by atoms with van der Waals surface area (Å²) in [6, 6.07) is 1.89. The molecule has 7 nitrogen and oxygen atoms in total. The van der Waals surface area contributed by atoms with Crippen LogP contribution in [-0.4, -0.2) is 32.4 Å². The van der Waals surface area contributed by atoms with Crippen molar-refractivity contribution in [1.82, 2.24) is 20.1 Å². The number of hydrogen-bond acceptors (Lipinski definition) is 7. The molecule has 3 aromatic heterocycles. The van der Waals surface area contributed by atoms with Gasteiger partial charge in [0.05, 0.1) is 16.8 Å². The lowest BCUT2D eigenvalue weighted by Crippen LogP contribution is -2.24. The van der Waals surface area contributed by atoms with Crippen LogP contribution in [0.25, 0.3) is 15.9 Å². The van der Waals surface area contributed by atoms with Crippen molar-refractivity contribution in [2.24, 2.45) is 5.73 Å². The highest BCUT2D eigenvalue weighted by atomic mass is 32.2. The van der Waals surface area contributed by atoms with Crippen molar-refractivity contribution in [3.05, 3.63) is 41.8 Å². The summed E-state index contributed by atoms with van der Waals surface area (Å²) in [5.41, 5.74) is 8.39. The second-order valence-corrected chi connectivity index (χ2v) is 6.45. The van der Waals surface area contributed by atoms with Crippen LogP contribution in [0.5, 0.6) is 0 Å². The molecule has 0 atom stereocenters. The molecule has 0 unspecified atom stereocenters. The van der Waals surface area contributed by atoms with E-state index >= 15 is 0 Å². The van der Waals surface area contributed by atoms with E-state index in [4.69, 9.17) is 10.3 Å². The van der Waals surface area contributed by atoms with E-state index in [1.807, 2.05) is 12.3 Å². The van der Waals surface area contributed by atoms with Gasteiger partial charge in [-0.1, -0.05) is 5.16 Å². The Morgan fingerprint density at radius 1 is 1.43 bits per heavy atom. The molecule has 0 aromatic carbocycles. The average molecular weight is 328 g/mol. The molecule has 1 aliphatic rings. The van der Waals surface area contributed by atoms with Crippen molar-refractivity contribution in [2.75, 3.05) is 17.2 Å². The van der Waals surface area contributed by atoms with Gasteiger partial charge in [0.25, 0.3) is 0 Å². The molecule has 0 radical (unpaired) electrons. The largest absolute Gasteiger partial charge is 0.359 e. The number of aromatic nitrogens is 4. The van der Waals surface area contributed by atoms with Crippen LogP contribution >= 0.6 is 11.8 Å². The Hall–Kier alpha value is -2.32. The molecule has 1 aliphatic heterocycles. The van der Waals surface area contributed by atoms with E-state index in [2.05, 4.69) is 38.1 Å². The summed E-state index contributed by atoms with van der Waals surface area (Å²) in [4.78, 5) is 15.2. The molecule has 0 aliphatic carbocycles. The Balaban J connectivity index is 1.76. The highest BCUT2D eigenvalue weighted by Crippen LogP contribution is 2.34. The van der Waals surface area contributed by atoms with E-state index in [-0.39, 0.29) is 0 Å². The van der Waals surface area contributed by atoms with Gasteiger partial charge in [0.15, 0.2) is 5.76 Å². The standard InChI is InChI=1S/C15H16N6OS/c1-9-6-17-14-13(9)15(19-8-18-14)21-2-3-23-12(7-21)11-4-10(5-16)22-20-11/h4,6-8H,2-3,5,16H2,1H3,(H,17,18,19). The first-order chi connectivity index (χ1) is 11.3. The maximum atomic E-state index is 5.59. The third-order valence-corrected chi connectivity index (χ3v) is 4.81. The van der Waals surface area contributed by atoms with Gasteiger partial charge in [-0.15, -0.1) is 11.8 Å². The molecule has 0 spiro atoms. The van der Waals surface area contributed by atoms with E-state index in [1.165, 1.54) is 0 Å². The zero-order valence-electron chi connectivity index (χ0n) is 12.6. The maximum Gasteiger partial charge on any atom is 0.150 e. The summed E-state index contributed by atoms with van der Waals surface area (Å²) in [5.74, 6) is 2.55. The Bertz CT molecular complexity index is 883. The van der Waals surface area contributed by atoms with Crippen LogP contribution in [0, 0.1) is 6.92 Å². The van der Waals surface area contributed by atoms with E-state index in [1.54, 1.807) is 18.1 Å². The van der Waals surface area contributed by atoms with Crippen molar-refractivity contribution in [3.8, 4) is 0 Å². The summed E-state index contributed by atoms with van der Waals surface area (Å²) in [6.45, 7) is 3.29. The fraction of sp³-hybridized carbons (Fsp3) is 0.267. The van der Waals surface area contributed by atoms with Crippen LogP contribution in [0.1, 0.15) is 17.0 Å². The number of nitrogens with zero attached hydrogens (tertiary/aromatic N) is 4. The van der Waals surface area contributed by atoms with Crippen LogP contribution in [0.4, 0.5) is 5.82 Å². The van der Waals surface area contributed by atoms with Crippen molar-refractivity contribution in [1.29, 1.82) is 0 Å². The first kappa shape index (κ1) is 14.3. The topological polar surface area (TPSA) is 96.9 Å². The van der Waals surface area contributed by atoms with Crippen molar-refractivity contribution in [3.63, 3.8) is 0 Å². The summed E-state index contributed by atoms with van der Waals surface area (Å²) >= 11 is 1.76. The van der Waals surface area contributed by atoms with Crippen LogP contribution in [0.15, 0.2) is 29.3 Å². The van der Waals surface area contributed by atoms with Gasteiger partial charge < -0.3 is 20.1 Å². The number of fused-ring (bicyclic) bond motifs is 1. The molecule has 8 heteroatoms. The molecular weight excluding hydrogens is 312 g/mol. The number of H-pyrrole nitrogens is 1. The van der Waals surface area contributed by atoms with E-state index in [9.17, 15) is 0 Å². The van der Waals surface area contributed by atoms with E-state index in [0.29, 0.717) is 12.3 Å². The number of thioether (sulfide) groups is 1. The zero-order valence-corrected chi connectivity index (χ0v) is 13.4. The third-order valence-electron chi connectivity index (χ3n) is 3.79. The number of hydrogen-bond donors (Lipinski definition) is 2. The predicted molar refractivity (Wildman–Crippen MR) is 90.8 cm³/mol. The molecule has 4 rings (SSSR count). The molecule has 0 fully saturated rings. The molecule has 0 saturated carbocycles. The fourth-order valence-corrected chi connectivity index (χ4v) is 3.60. The van der Waals surface area contributed by atoms with Gasteiger partial charge in [0.2, 0.25) is 0 Å². The fourth-order valence-electron chi connectivity index (χ4n) is 2.65. The predicted octanol–water partition coefficient (Wildman–Crippen LogP) is 2.26. The van der Waals surface area contributed by atoms with Crippen LogP contribution in [0.3, 0.4) is 0 Å². The lowest BCUT2D eigenvalue weighted by atomic mass is 10.2. The quantitative estimate of drug-likeness (QED) is 0.761. The normalized spacial score (nSPS) is 15.2. The molecule has 3 N–H and O–H groups in total. The molecule has 4 heterocycles. The minimum atomic E-state index is 0.351. The summed E-state index contributed by atoms with van der Waals surface area (Å²) in [6.07, 6.45) is 5.61. The minimum absolute atomic E-state index is 0.351. The SMILES string of the molecule is Cc1c[nH]c2ncnc(N3C=C(c4cc(CN)on4)SCC3)c12. The Morgan fingerprint density at radius 2 is 2.35 bits per heavy atom. The lowest BCUT2D eigenvalue weighted by Gasteiger charge is -2.25. The van der Waals surface area contributed by atoms with Crippen molar-refractivity contribution in [2.45, 2.75) is 13.5 Å². The van der Waals surface area contributed by atoms with E-state index < -0.39 is 0 Å². The monoisotopic (exact) mass is 328 g/mol. The van der Waals surface area contributed by atoms with Gasteiger partial charge in [0, 0.05) is 30.8 Å². The highest BCUT2D eigenvalue weighted by Gasteiger charge is 2.20. The molecule has 0 amide bonds. The molecule has 0 bridgehead atoms. The second-order valence-electron chi connectivity index (χ2n) is 5.31. The number of aromatic amines is 1. The summed E-state index contributed by atoms with van der Waals surface area (Å²) < 4.78 is 5.21. The van der Waals surface area contributed by atoms with Gasteiger partial charge in [0.1, 0.15) is 23.5 Å². The molecule has 3 aromatic rings. The summed E-state index contributed by atoms with van der Waals surface area (Å²) in [5, 5.41) is 5.15. The van der Waals surface area contributed by atoms with Crippen molar-refractivity contribution >= 4 is 33.5 Å². The second kappa shape index (κ2) is 5.71. The Kier molecular flexibility index (Phi) is 3.55. The maximum absolute atomic E-state index is 5.59. The van der Waals surface area contributed by atoms with Crippen LogP contribution in [-0.2, 0) is 6.54 Å². The van der Waals surface area contributed by atoms with E-state index in [0.717, 1.165) is 45.3 Å². The summed E-state index contributed by atoms with van der Waals surface area (Å²) in [7, 11) is 0. The average Bonchev–Trinajstić information content (AvgIpc) is 3.22. The Labute approximate surface area is 137 Å². The number of rotatable bonds is 3. The molecule has 0 saturated heterocycles. The molecule has 118 valence electrons. The highest BCUT2D eigenvalue weighted by molar-refractivity contribution is 8.08. The van der Waals surface area contributed by atoms with Gasteiger partial charge in [-0.25, -0.2) is 9.97 Å². The molecular formula is C15H16N6OS. The van der Waals surface area contributed by atoms with Gasteiger partial charge >= 0.3 is 0 Å². The third kappa shape index (κ3) is 2.49. The van der Waals surface area contributed by atoms with Gasteiger partial charge in [-0.3, -0.25) is 0 Å². The molecule has 23 heavy (non-hydrogen) atoms. The smallest absolute Gasteiger partial charge is 0.150 e. The van der Waals surface area contributed by atoms with Gasteiger partial charge in [-0.05, 0) is 12.5 Å². The Morgan fingerprint density at radius 3 is 3.17 bits per heavy atom. The first-order valence-corrected chi connectivity index (χ1v) is 8.31. The van der Waals surface area contributed by atoms with Gasteiger partial charge in [-0.2, -0.15) is 0 Å². The first-order valence-electron chi connectivity index (χ1n) is 7.32. The number of anilines is 1. The number of aryl methyl sites for hydroxylation is 1. The van der Waals surface area contributed by atoms with Crippen LogP contribution < -0.4 is 10.6 Å².